The third kappa shape index (κ3) is 1.82. The predicted octanol–water partition coefficient (Wildman–Crippen LogP) is -0.0381. The fourth-order valence-corrected chi connectivity index (χ4v) is 2.27. The molecule has 1 saturated heterocycles. The highest BCUT2D eigenvalue weighted by atomic mass is 32.2. The van der Waals surface area contributed by atoms with Crippen molar-refractivity contribution >= 4 is 10.0 Å². The molecule has 1 heterocycles. The van der Waals surface area contributed by atoms with E-state index in [0.717, 1.165) is 4.31 Å². The van der Waals surface area contributed by atoms with Crippen molar-refractivity contribution in [3.63, 3.8) is 0 Å². The van der Waals surface area contributed by atoms with Crippen LogP contribution >= 0.6 is 0 Å². The number of hydrogen-bond donors (Lipinski definition) is 1. The normalized spacial score (nSPS) is 23.2. The smallest absolute Gasteiger partial charge is 0.323 e. The molecule has 1 rings (SSSR count). The molecule has 1 fully saturated rings. The summed E-state index contributed by atoms with van der Waals surface area (Å²) < 4.78 is 46.3. The van der Waals surface area contributed by atoms with Crippen LogP contribution in [0.3, 0.4) is 0 Å². The van der Waals surface area contributed by atoms with E-state index in [9.17, 15) is 17.2 Å². The highest BCUT2D eigenvalue weighted by Crippen LogP contribution is 2.27. The number of hydrogen-bond acceptors (Lipinski definition) is 3. The van der Waals surface area contributed by atoms with Gasteiger partial charge < -0.3 is 5.73 Å². The average Bonchev–Trinajstić information content (AvgIpc) is 1.98. The molecule has 0 aromatic carbocycles. The Morgan fingerprint density at radius 2 is 2.00 bits per heavy atom. The third-order valence-electron chi connectivity index (χ3n) is 2.27. The van der Waals surface area contributed by atoms with Crippen molar-refractivity contribution in [3.05, 3.63) is 0 Å². The molecule has 0 aliphatic carbocycles. The second kappa shape index (κ2) is 3.14. The summed E-state index contributed by atoms with van der Waals surface area (Å²) in [5.41, 5.74) is 5.03. The van der Waals surface area contributed by atoms with E-state index in [1.807, 2.05) is 0 Å². The molecule has 0 spiro atoms. The van der Waals surface area contributed by atoms with Gasteiger partial charge in [-0.05, 0) is 6.42 Å². The number of nitrogens with zero attached hydrogens (tertiary/aromatic N) is 1. The van der Waals surface area contributed by atoms with Crippen LogP contribution in [0.1, 0.15) is 13.3 Å². The lowest BCUT2D eigenvalue weighted by molar-refractivity contribution is 0.134. The van der Waals surface area contributed by atoms with Crippen LogP contribution in [0, 0.1) is 0 Å². The van der Waals surface area contributed by atoms with Gasteiger partial charge >= 0.3 is 5.76 Å². The fourth-order valence-electron chi connectivity index (χ4n) is 1.17. The Kier molecular flexibility index (Phi) is 2.61. The van der Waals surface area contributed by atoms with Crippen LogP contribution in [-0.2, 0) is 10.0 Å². The Bertz CT molecular complexity index is 285. The summed E-state index contributed by atoms with van der Waals surface area (Å²) >= 11 is 0. The van der Waals surface area contributed by atoms with Gasteiger partial charge in [-0.25, -0.2) is 8.42 Å². The highest BCUT2D eigenvalue weighted by Gasteiger charge is 2.47. The van der Waals surface area contributed by atoms with Crippen LogP contribution in [0.5, 0.6) is 0 Å². The van der Waals surface area contributed by atoms with Gasteiger partial charge in [0.2, 0.25) is 0 Å². The Labute approximate surface area is 75.7 Å². The number of nitrogens with two attached hydrogens (primary N) is 1. The molecule has 1 aliphatic rings. The zero-order valence-corrected chi connectivity index (χ0v) is 8.02. The molecular formula is C6H12F2N2O2S. The first-order chi connectivity index (χ1) is 5.82. The van der Waals surface area contributed by atoms with Gasteiger partial charge in [0, 0.05) is 18.6 Å². The molecule has 4 nitrogen and oxygen atoms in total. The Hall–Kier alpha value is -0.270. The molecule has 0 radical (unpaired) electrons. The standard InChI is InChI=1S/C6H12F2N2O2S/c1-2-6(9)3-10(4-6)13(11,12)5(7)8/h5H,2-4,9H2,1H3. The Morgan fingerprint density at radius 1 is 1.54 bits per heavy atom. The van der Waals surface area contributed by atoms with Gasteiger partial charge in [-0.15, -0.1) is 0 Å². The molecule has 0 saturated carbocycles. The van der Waals surface area contributed by atoms with E-state index in [2.05, 4.69) is 0 Å². The van der Waals surface area contributed by atoms with Crippen LogP contribution in [0.25, 0.3) is 0 Å². The topological polar surface area (TPSA) is 63.4 Å². The number of sulfonamides is 1. The van der Waals surface area contributed by atoms with Crippen LogP contribution in [0.2, 0.25) is 0 Å². The molecule has 7 heteroatoms. The molecule has 0 bridgehead atoms. The summed E-state index contributed by atoms with van der Waals surface area (Å²) in [7, 11) is -4.40. The minimum Gasteiger partial charge on any atom is -0.323 e. The quantitative estimate of drug-likeness (QED) is 0.717. The Balaban J connectivity index is 2.63. The summed E-state index contributed by atoms with van der Waals surface area (Å²) in [5.74, 6) is -3.34. The molecule has 2 N–H and O–H groups in total. The monoisotopic (exact) mass is 214 g/mol. The van der Waals surface area contributed by atoms with Crippen molar-refractivity contribution in [2.24, 2.45) is 5.73 Å². The average molecular weight is 214 g/mol. The molecule has 78 valence electrons. The maximum absolute atomic E-state index is 12.0. The summed E-state index contributed by atoms with van der Waals surface area (Å²) in [6, 6.07) is 0. The van der Waals surface area contributed by atoms with E-state index in [1.54, 1.807) is 6.92 Å². The van der Waals surface area contributed by atoms with Crippen LogP contribution in [0.4, 0.5) is 8.78 Å². The van der Waals surface area contributed by atoms with Crippen molar-refractivity contribution in [2.45, 2.75) is 24.6 Å². The molecule has 1 aliphatic heterocycles. The summed E-state index contributed by atoms with van der Waals surface area (Å²) in [6.45, 7) is 1.79. The van der Waals surface area contributed by atoms with Crippen molar-refractivity contribution < 1.29 is 17.2 Å². The fraction of sp³-hybridized carbons (Fsp3) is 1.00. The van der Waals surface area contributed by atoms with Crippen molar-refractivity contribution in [1.82, 2.24) is 4.31 Å². The Morgan fingerprint density at radius 3 is 2.31 bits per heavy atom. The van der Waals surface area contributed by atoms with Crippen LogP contribution < -0.4 is 5.73 Å². The van der Waals surface area contributed by atoms with E-state index < -0.39 is 21.3 Å². The van der Waals surface area contributed by atoms with Crippen molar-refractivity contribution in [2.75, 3.05) is 13.1 Å². The molecule has 0 aromatic heterocycles. The minimum atomic E-state index is -4.40. The first-order valence-electron chi connectivity index (χ1n) is 3.88. The van der Waals surface area contributed by atoms with E-state index >= 15 is 0 Å². The molecule has 0 aromatic rings. The third-order valence-corrected chi connectivity index (χ3v) is 3.70. The lowest BCUT2D eigenvalue weighted by Crippen LogP contribution is -2.68. The van der Waals surface area contributed by atoms with Crippen LogP contribution in [-0.4, -0.2) is 37.1 Å². The zero-order chi connectivity index (χ0) is 10.3. The first kappa shape index (κ1) is 10.8. The number of alkyl halides is 2. The van der Waals surface area contributed by atoms with E-state index in [1.165, 1.54) is 0 Å². The van der Waals surface area contributed by atoms with Gasteiger partial charge in [0.15, 0.2) is 0 Å². The van der Waals surface area contributed by atoms with E-state index in [-0.39, 0.29) is 13.1 Å². The van der Waals surface area contributed by atoms with Gasteiger partial charge in [0.1, 0.15) is 0 Å². The maximum Gasteiger partial charge on any atom is 0.350 e. The largest absolute Gasteiger partial charge is 0.350 e. The van der Waals surface area contributed by atoms with Crippen LogP contribution in [0.15, 0.2) is 0 Å². The van der Waals surface area contributed by atoms with Gasteiger partial charge in [-0.1, -0.05) is 6.92 Å². The van der Waals surface area contributed by atoms with Crippen molar-refractivity contribution in [3.8, 4) is 0 Å². The highest BCUT2D eigenvalue weighted by molar-refractivity contribution is 7.89. The SMILES string of the molecule is CCC1(N)CN(S(=O)(=O)C(F)F)C1. The number of rotatable bonds is 3. The number of halogens is 2. The molecule has 0 amide bonds. The molecule has 0 atom stereocenters. The lowest BCUT2D eigenvalue weighted by atomic mass is 9.91. The first-order valence-corrected chi connectivity index (χ1v) is 5.38. The molecular weight excluding hydrogens is 202 g/mol. The predicted molar refractivity (Wildman–Crippen MR) is 43.7 cm³/mol. The second-order valence-corrected chi connectivity index (χ2v) is 5.19. The minimum absolute atomic E-state index is 0.00380. The summed E-state index contributed by atoms with van der Waals surface area (Å²) in [5, 5.41) is 0. The maximum atomic E-state index is 12.0. The second-order valence-electron chi connectivity index (χ2n) is 3.29. The lowest BCUT2D eigenvalue weighted by Gasteiger charge is -2.45. The van der Waals surface area contributed by atoms with Gasteiger partial charge in [-0.2, -0.15) is 13.1 Å². The van der Waals surface area contributed by atoms with Crippen molar-refractivity contribution in [1.29, 1.82) is 0 Å². The summed E-state index contributed by atoms with van der Waals surface area (Å²) in [4.78, 5) is 0. The van der Waals surface area contributed by atoms with Gasteiger partial charge in [0.25, 0.3) is 10.0 Å². The van der Waals surface area contributed by atoms with E-state index in [4.69, 9.17) is 5.73 Å². The summed E-state index contributed by atoms with van der Waals surface area (Å²) in [6.07, 6.45) is 0.586. The van der Waals surface area contributed by atoms with E-state index in [0.29, 0.717) is 6.42 Å². The zero-order valence-electron chi connectivity index (χ0n) is 7.20. The van der Waals surface area contributed by atoms with Gasteiger partial charge in [-0.3, -0.25) is 0 Å². The van der Waals surface area contributed by atoms with Gasteiger partial charge in [0.05, 0.1) is 0 Å². The molecule has 0 unspecified atom stereocenters. The molecule has 13 heavy (non-hydrogen) atoms.